The summed E-state index contributed by atoms with van der Waals surface area (Å²) in [6.45, 7) is -0.457. The van der Waals surface area contributed by atoms with E-state index in [-0.39, 0.29) is 12.8 Å². The van der Waals surface area contributed by atoms with E-state index in [1.54, 1.807) is 30.5 Å². The number of nitrogens with one attached hydrogen (secondary N) is 2. The maximum absolute atomic E-state index is 13.5. The summed E-state index contributed by atoms with van der Waals surface area (Å²) in [7, 11) is 0. The van der Waals surface area contributed by atoms with E-state index >= 15 is 0 Å². The zero-order chi connectivity index (χ0) is 22.5. The van der Waals surface area contributed by atoms with Gasteiger partial charge in [0.2, 0.25) is 5.92 Å². The third kappa shape index (κ3) is 3.29. The zero-order valence-electron chi connectivity index (χ0n) is 16.8. The monoisotopic (exact) mass is 440 g/mol. The van der Waals surface area contributed by atoms with Gasteiger partial charge in [0.15, 0.2) is 11.4 Å². The normalized spacial score (nSPS) is 19.5. The molecular formula is C21H18F2N6O3. The highest BCUT2D eigenvalue weighted by molar-refractivity contribution is 6.11. The van der Waals surface area contributed by atoms with Crippen LogP contribution in [0.4, 0.5) is 13.6 Å². The van der Waals surface area contributed by atoms with Crippen molar-refractivity contribution in [1.82, 2.24) is 30.4 Å². The molecule has 0 atom stereocenters. The van der Waals surface area contributed by atoms with Gasteiger partial charge in [-0.05, 0) is 12.8 Å². The smallest absolute Gasteiger partial charge is 0.323 e. The molecule has 2 aliphatic rings. The molecule has 3 amide bonds. The lowest BCUT2D eigenvalue weighted by Crippen LogP contribution is -2.51. The molecule has 32 heavy (non-hydrogen) atoms. The van der Waals surface area contributed by atoms with Gasteiger partial charge in [-0.2, -0.15) is 5.10 Å². The number of aromatic amines is 1. The van der Waals surface area contributed by atoms with Crippen LogP contribution in [0.3, 0.4) is 0 Å². The van der Waals surface area contributed by atoms with Crippen LogP contribution in [0.2, 0.25) is 0 Å². The Labute approximate surface area is 180 Å². The number of benzene rings is 1. The Kier molecular flexibility index (Phi) is 4.50. The van der Waals surface area contributed by atoms with Crippen molar-refractivity contribution in [3.8, 4) is 11.3 Å². The van der Waals surface area contributed by atoms with Gasteiger partial charge in [0.25, 0.3) is 5.91 Å². The molecule has 3 heterocycles. The first-order chi connectivity index (χ1) is 15.3. The molecule has 5 rings (SSSR count). The molecule has 2 aromatic heterocycles. The second kappa shape index (κ2) is 7.14. The third-order valence-electron chi connectivity index (χ3n) is 6.11. The fourth-order valence-electron chi connectivity index (χ4n) is 4.25. The number of Topliss-reactive ketones (excluding diaryl/α,β-unsaturated/α-hetero) is 1. The second-order valence-corrected chi connectivity index (χ2v) is 8.11. The molecule has 1 aromatic carbocycles. The fraction of sp³-hybridized carbons (Fsp3) is 0.333. The summed E-state index contributed by atoms with van der Waals surface area (Å²) in [6, 6.07) is 5.85. The maximum atomic E-state index is 13.5. The Morgan fingerprint density at radius 1 is 1.06 bits per heavy atom. The minimum atomic E-state index is -2.84. The average molecular weight is 440 g/mol. The molecular weight excluding hydrogens is 422 g/mol. The van der Waals surface area contributed by atoms with Crippen molar-refractivity contribution in [2.75, 3.05) is 6.54 Å². The zero-order valence-corrected chi connectivity index (χ0v) is 16.8. The molecule has 3 aromatic rings. The number of alkyl halides is 2. The molecule has 9 nitrogen and oxygen atoms in total. The fourth-order valence-corrected chi connectivity index (χ4v) is 4.25. The van der Waals surface area contributed by atoms with Crippen molar-refractivity contribution in [1.29, 1.82) is 0 Å². The van der Waals surface area contributed by atoms with E-state index < -0.39 is 48.6 Å². The van der Waals surface area contributed by atoms with Gasteiger partial charge in [-0.15, -0.1) is 0 Å². The molecule has 164 valence electrons. The van der Waals surface area contributed by atoms with Gasteiger partial charge < -0.3 is 5.32 Å². The van der Waals surface area contributed by atoms with E-state index in [1.807, 2.05) is 0 Å². The molecule has 1 aliphatic heterocycles. The first-order valence-electron chi connectivity index (χ1n) is 10.1. The summed E-state index contributed by atoms with van der Waals surface area (Å²) in [5.41, 5.74) is 0.942. The molecule has 2 fully saturated rings. The topological polar surface area (TPSA) is 121 Å². The number of ketones is 1. The van der Waals surface area contributed by atoms with E-state index in [0.717, 1.165) is 15.8 Å². The average Bonchev–Trinajstić information content (AvgIpc) is 3.35. The number of urea groups is 1. The Balaban J connectivity index is 1.32. The van der Waals surface area contributed by atoms with Crippen LogP contribution in [-0.2, 0) is 4.79 Å². The van der Waals surface area contributed by atoms with Crippen LogP contribution < -0.4 is 5.32 Å². The predicted molar refractivity (Wildman–Crippen MR) is 108 cm³/mol. The van der Waals surface area contributed by atoms with Crippen LogP contribution in [0.25, 0.3) is 22.3 Å². The lowest BCUT2D eigenvalue weighted by Gasteiger charge is -2.34. The molecule has 1 spiro atoms. The van der Waals surface area contributed by atoms with Crippen LogP contribution in [-0.4, -0.2) is 60.8 Å². The van der Waals surface area contributed by atoms with Crippen molar-refractivity contribution in [3.63, 3.8) is 0 Å². The van der Waals surface area contributed by atoms with Crippen molar-refractivity contribution >= 4 is 28.8 Å². The predicted octanol–water partition coefficient (Wildman–Crippen LogP) is 2.70. The summed E-state index contributed by atoms with van der Waals surface area (Å²) < 4.78 is 27.0. The van der Waals surface area contributed by atoms with E-state index in [4.69, 9.17) is 0 Å². The highest BCUT2D eigenvalue weighted by Crippen LogP contribution is 2.41. The Morgan fingerprint density at radius 3 is 2.50 bits per heavy atom. The molecule has 2 N–H and O–H groups in total. The minimum Gasteiger partial charge on any atom is -0.323 e. The minimum absolute atomic E-state index is 0.147. The van der Waals surface area contributed by atoms with E-state index in [0.29, 0.717) is 16.9 Å². The highest BCUT2D eigenvalue weighted by Gasteiger charge is 2.55. The van der Waals surface area contributed by atoms with Gasteiger partial charge in [0.05, 0.1) is 23.8 Å². The number of rotatable bonds is 4. The Bertz CT molecular complexity index is 1230. The van der Waals surface area contributed by atoms with Gasteiger partial charge in [0.1, 0.15) is 11.9 Å². The quantitative estimate of drug-likeness (QED) is 0.475. The lowest BCUT2D eigenvalue weighted by atomic mass is 9.80. The molecule has 0 bridgehead atoms. The summed E-state index contributed by atoms with van der Waals surface area (Å²) in [4.78, 5) is 47.1. The molecule has 1 saturated carbocycles. The summed E-state index contributed by atoms with van der Waals surface area (Å²) in [5, 5.41) is 9.98. The first kappa shape index (κ1) is 20.2. The summed E-state index contributed by atoms with van der Waals surface area (Å²) in [5.74, 6) is -3.90. The Hall–Kier alpha value is -3.76. The molecule has 1 saturated heterocycles. The lowest BCUT2D eigenvalue weighted by molar-refractivity contribution is -0.135. The molecule has 11 heteroatoms. The molecule has 0 radical (unpaired) electrons. The number of fused-ring (bicyclic) bond motifs is 1. The van der Waals surface area contributed by atoms with Gasteiger partial charge in [-0.3, -0.25) is 19.6 Å². The second-order valence-electron chi connectivity index (χ2n) is 8.11. The Morgan fingerprint density at radius 2 is 1.78 bits per heavy atom. The number of hydrogen-bond acceptors (Lipinski definition) is 6. The van der Waals surface area contributed by atoms with Gasteiger partial charge in [-0.25, -0.2) is 23.5 Å². The SMILES string of the molecule is O=C(CN1C(=O)NC2(CCC(F)(F)CC2)C1=O)c1ccc(-c2ncnc3[nH]ncc23)cc1. The van der Waals surface area contributed by atoms with E-state index in [1.165, 1.54) is 6.33 Å². The van der Waals surface area contributed by atoms with E-state index in [9.17, 15) is 23.2 Å². The van der Waals surface area contributed by atoms with E-state index in [2.05, 4.69) is 25.5 Å². The number of hydrogen-bond donors (Lipinski definition) is 2. The number of aromatic nitrogens is 4. The standard InChI is InChI=1S/C21H18F2N6O3/c22-21(23)7-5-20(6-8-21)18(31)29(19(32)27-20)10-15(30)12-1-3-13(4-2-12)16-14-9-26-28-17(14)25-11-24-16/h1-4,9,11H,5-8,10H2,(H,27,32)(H,24,25,26,28). The van der Waals surface area contributed by atoms with Crippen LogP contribution in [0.15, 0.2) is 36.8 Å². The van der Waals surface area contributed by atoms with Gasteiger partial charge >= 0.3 is 6.03 Å². The first-order valence-corrected chi connectivity index (χ1v) is 10.1. The van der Waals surface area contributed by atoms with Crippen LogP contribution >= 0.6 is 0 Å². The molecule has 0 unspecified atom stereocenters. The summed E-state index contributed by atoms with van der Waals surface area (Å²) in [6.07, 6.45) is 1.77. The van der Waals surface area contributed by atoms with Crippen molar-refractivity contribution in [3.05, 3.63) is 42.4 Å². The largest absolute Gasteiger partial charge is 0.325 e. The maximum Gasteiger partial charge on any atom is 0.325 e. The van der Waals surface area contributed by atoms with Crippen LogP contribution in [0, 0.1) is 0 Å². The number of amides is 3. The highest BCUT2D eigenvalue weighted by atomic mass is 19.3. The number of halogens is 2. The summed E-state index contributed by atoms with van der Waals surface area (Å²) >= 11 is 0. The van der Waals surface area contributed by atoms with Crippen molar-refractivity contribution in [2.24, 2.45) is 0 Å². The number of nitrogens with zero attached hydrogens (tertiary/aromatic N) is 4. The third-order valence-corrected chi connectivity index (χ3v) is 6.11. The van der Waals surface area contributed by atoms with Crippen LogP contribution in [0.5, 0.6) is 0 Å². The van der Waals surface area contributed by atoms with Crippen molar-refractivity contribution in [2.45, 2.75) is 37.1 Å². The molecule has 1 aliphatic carbocycles. The number of H-pyrrole nitrogens is 1. The number of carbonyl (C=O) groups is 3. The number of carbonyl (C=O) groups excluding carboxylic acids is 3. The van der Waals surface area contributed by atoms with Gasteiger partial charge in [-0.1, -0.05) is 24.3 Å². The van der Waals surface area contributed by atoms with Crippen molar-refractivity contribution < 1.29 is 23.2 Å². The number of imide groups is 1. The van der Waals surface area contributed by atoms with Gasteiger partial charge in [0, 0.05) is 24.0 Å². The van der Waals surface area contributed by atoms with Crippen LogP contribution in [0.1, 0.15) is 36.0 Å².